The second-order valence-electron chi connectivity index (χ2n) is 7.06. The lowest BCUT2D eigenvalue weighted by molar-refractivity contribution is -0.119. The summed E-state index contributed by atoms with van der Waals surface area (Å²) in [5.74, 6) is -0.539. The van der Waals surface area contributed by atoms with Gasteiger partial charge in [0.15, 0.2) is 0 Å². The number of hydrogen-bond donors (Lipinski definition) is 0. The summed E-state index contributed by atoms with van der Waals surface area (Å²) in [6.45, 7) is 2.45. The maximum absolute atomic E-state index is 13.4. The summed E-state index contributed by atoms with van der Waals surface area (Å²) in [4.78, 5) is 16.5. The predicted octanol–water partition coefficient (Wildman–Crippen LogP) is 1.72. The van der Waals surface area contributed by atoms with Crippen LogP contribution in [-0.4, -0.2) is 62.8 Å². The van der Waals surface area contributed by atoms with Crippen LogP contribution < -0.4 is 4.90 Å². The molecule has 28 heavy (non-hydrogen) atoms. The molecule has 0 radical (unpaired) electrons. The van der Waals surface area contributed by atoms with Gasteiger partial charge in [0.2, 0.25) is 15.9 Å². The zero-order valence-corrected chi connectivity index (χ0v) is 16.2. The summed E-state index contributed by atoms with van der Waals surface area (Å²) < 4.78 is 40.1. The van der Waals surface area contributed by atoms with E-state index in [2.05, 4.69) is 0 Å². The van der Waals surface area contributed by atoms with Crippen LogP contribution in [0.15, 0.2) is 53.4 Å². The first-order valence-electron chi connectivity index (χ1n) is 9.31. The van der Waals surface area contributed by atoms with Crippen LogP contribution in [0, 0.1) is 5.82 Å². The maximum Gasteiger partial charge on any atom is 0.243 e. The van der Waals surface area contributed by atoms with E-state index in [1.54, 1.807) is 0 Å². The number of carbonyl (C=O) groups is 1. The van der Waals surface area contributed by atoms with Gasteiger partial charge in [0.05, 0.1) is 11.4 Å². The highest BCUT2D eigenvalue weighted by molar-refractivity contribution is 7.89. The van der Waals surface area contributed by atoms with Gasteiger partial charge in [0, 0.05) is 38.4 Å². The van der Waals surface area contributed by atoms with Crippen LogP contribution in [0.1, 0.15) is 5.56 Å². The normalized spacial score (nSPS) is 18.2. The summed E-state index contributed by atoms with van der Waals surface area (Å²) in [6, 6.07) is 13.0. The zero-order chi connectivity index (χ0) is 19.7. The molecule has 0 unspecified atom stereocenters. The lowest BCUT2D eigenvalue weighted by atomic mass is 10.2. The number of carbonyl (C=O) groups excluding carboxylic acids is 1. The number of amides is 1. The van der Waals surface area contributed by atoms with Crippen molar-refractivity contribution in [3.05, 3.63) is 59.9 Å². The molecule has 0 aliphatic carbocycles. The van der Waals surface area contributed by atoms with Crippen molar-refractivity contribution < 1.29 is 17.6 Å². The van der Waals surface area contributed by atoms with E-state index in [4.69, 9.17) is 0 Å². The first-order chi connectivity index (χ1) is 13.4. The van der Waals surface area contributed by atoms with Crippen molar-refractivity contribution in [1.82, 2.24) is 9.21 Å². The van der Waals surface area contributed by atoms with Gasteiger partial charge in [-0.1, -0.05) is 24.3 Å². The number of sulfonamides is 1. The SMILES string of the molecule is O=C(CN1CCN(S(=O)(=O)c2cccc(F)c2)CC1)N1CCc2ccccc21. The van der Waals surface area contributed by atoms with Crippen LogP contribution >= 0.6 is 0 Å². The van der Waals surface area contributed by atoms with E-state index in [1.807, 2.05) is 34.1 Å². The smallest absolute Gasteiger partial charge is 0.243 e. The zero-order valence-electron chi connectivity index (χ0n) is 15.4. The van der Waals surface area contributed by atoms with Crippen molar-refractivity contribution in [3.63, 3.8) is 0 Å². The fraction of sp³-hybridized carbons (Fsp3) is 0.350. The highest BCUT2D eigenvalue weighted by Crippen LogP contribution is 2.27. The summed E-state index contributed by atoms with van der Waals surface area (Å²) in [6.07, 6.45) is 0.863. The minimum Gasteiger partial charge on any atom is -0.311 e. The quantitative estimate of drug-likeness (QED) is 0.780. The van der Waals surface area contributed by atoms with Gasteiger partial charge in [-0.3, -0.25) is 9.69 Å². The van der Waals surface area contributed by atoms with Crippen molar-refractivity contribution in [1.29, 1.82) is 0 Å². The predicted molar refractivity (Wildman–Crippen MR) is 104 cm³/mol. The molecule has 0 atom stereocenters. The fourth-order valence-corrected chi connectivity index (χ4v) is 5.23. The molecule has 0 spiro atoms. The molecule has 4 rings (SSSR count). The number of hydrogen-bond acceptors (Lipinski definition) is 4. The van der Waals surface area contributed by atoms with Crippen LogP contribution in [0.2, 0.25) is 0 Å². The van der Waals surface area contributed by atoms with E-state index in [9.17, 15) is 17.6 Å². The highest BCUT2D eigenvalue weighted by Gasteiger charge is 2.31. The molecule has 2 aliphatic heterocycles. The Balaban J connectivity index is 1.36. The maximum atomic E-state index is 13.4. The number of para-hydroxylation sites is 1. The lowest BCUT2D eigenvalue weighted by Crippen LogP contribution is -2.51. The molecule has 2 aromatic carbocycles. The molecular formula is C20H22FN3O3S. The van der Waals surface area contributed by atoms with Crippen LogP contribution in [0.4, 0.5) is 10.1 Å². The molecule has 8 heteroatoms. The monoisotopic (exact) mass is 403 g/mol. The Morgan fingerprint density at radius 1 is 0.964 bits per heavy atom. The molecule has 2 heterocycles. The Labute approximate surface area is 164 Å². The Hall–Kier alpha value is -2.29. The van der Waals surface area contributed by atoms with Crippen molar-refractivity contribution >= 4 is 21.6 Å². The van der Waals surface area contributed by atoms with Gasteiger partial charge in [0.25, 0.3) is 0 Å². The first kappa shape index (κ1) is 19.0. The standard InChI is InChI=1S/C20H22FN3O3S/c21-17-5-3-6-18(14-17)28(26,27)23-12-10-22(11-13-23)15-20(25)24-9-8-16-4-1-2-7-19(16)24/h1-7,14H,8-13,15H2. The largest absolute Gasteiger partial charge is 0.311 e. The minimum atomic E-state index is -3.72. The molecule has 2 aliphatic rings. The van der Waals surface area contributed by atoms with Crippen LogP contribution in [0.25, 0.3) is 0 Å². The van der Waals surface area contributed by atoms with Gasteiger partial charge in [0.1, 0.15) is 5.82 Å². The molecule has 2 aromatic rings. The molecule has 0 bridgehead atoms. The Morgan fingerprint density at radius 3 is 2.46 bits per heavy atom. The van der Waals surface area contributed by atoms with E-state index < -0.39 is 15.8 Å². The van der Waals surface area contributed by atoms with E-state index in [1.165, 1.54) is 28.1 Å². The molecular weight excluding hydrogens is 381 g/mol. The Morgan fingerprint density at radius 2 is 1.71 bits per heavy atom. The van der Waals surface area contributed by atoms with Crippen molar-refractivity contribution in [2.45, 2.75) is 11.3 Å². The van der Waals surface area contributed by atoms with Gasteiger partial charge in [-0.15, -0.1) is 0 Å². The lowest BCUT2D eigenvalue weighted by Gasteiger charge is -2.34. The summed E-state index contributed by atoms with van der Waals surface area (Å²) in [7, 11) is -3.72. The number of halogens is 1. The molecule has 1 fully saturated rings. The average Bonchev–Trinajstić information content (AvgIpc) is 3.13. The van der Waals surface area contributed by atoms with Crippen molar-refractivity contribution in [2.75, 3.05) is 44.2 Å². The third kappa shape index (κ3) is 3.67. The molecule has 6 nitrogen and oxygen atoms in total. The first-order valence-corrected chi connectivity index (χ1v) is 10.8. The van der Waals surface area contributed by atoms with E-state index >= 15 is 0 Å². The molecule has 1 amide bonds. The van der Waals surface area contributed by atoms with Gasteiger partial charge in [-0.05, 0) is 36.2 Å². The second-order valence-corrected chi connectivity index (χ2v) is 9.00. The number of benzene rings is 2. The van der Waals surface area contributed by atoms with Crippen molar-refractivity contribution in [2.24, 2.45) is 0 Å². The van der Waals surface area contributed by atoms with Gasteiger partial charge in [-0.25, -0.2) is 12.8 Å². The minimum absolute atomic E-state index is 0.0337. The van der Waals surface area contributed by atoms with Crippen molar-refractivity contribution in [3.8, 4) is 0 Å². The fourth-order valence-electron chi connectivity index (χ4n) is 3.78. The van der Waals surface area contributed by atoms with E-state index in [-0.39, 0.29) is 30.4 Å². The third-order valence-corrected chi connectivity index (χ3v) is 7.21. The molecule has 1 saturated heterocycles. The summed E-state index contributed by atoms with van der Waals surface area (Å²) in [5, 5.41) is 0. The van der Waals surface area contributed by atoms with E-state index in [0.717, 1.165) is 18.2 Å². The molecule has 148 valence electrons. The Kier molecular flexibility index (Phi) is 5.18. The molecule has 0 saturated carbocycles. The number of fused-ring (bicyclic) bond motifs is 1. The van der Waals surface area contributed by atoms with Crippen LogP contribution in [-0.2, 0) is 21.2 Å². The highest BCUT2D eigenvalue weighted by atomic mass is 32.2. The topological polar surface area (TPSA) is 60.9 Å². The van der Waals surface area contributed by atoms with Gasteiger partial charge >= 0.3 is 0 Å². The number of nitrogens with zero attached hydrogens (tertiary/aromatic N) is 3. The molecule has 0 aromatic heterocycles. The number of piperazine rings is 1. The number of rotatable bonds is 4. The number of anilines is 1. The van der Waals surface area contributed by atoms with Gasteiger partial charge < -0.3 is 4.90 Å². The average molecular weight is 403 g/mol. The summed E-state index contributed by atoms with van der Waals surface area (Å²) in [5.41, 5.74) is 2.15. The van der Waals surface area contributed by atoms with Crippen LogP contribution in [0.3, 0.4) is 0 Å². The molecule has 0 N–H and O–H groups in total. The van der Waals surface area contributed by atoms with Gasteiger partial charge in [-0.2, -0.15) is 4.31 Å². The Bertz CT molecular complexity index is 988. The van der Waals surface area contributed by atoms with E-state index in [0.29, 0.717) is 19.6 Å². The second kappa shape index (κ2) is 7.62. The third-order valence-electron chi connectivity index (χ3n) is 5.31. The van der Waals surface area contributed by atoms with Crippen LogP contribution in [0.5, 0.6) is 0 Å². The summed E-state index contributed by atoms with van der Waals surface area (Å²) >= 11 is 0.